The summed E-state index contributed by atoms with van der Waals surface area (Å²) in [6.07, 6.45) is -1.71. The Morgan fingerprint density at radius 1 is 1.18 bits per heavy atom. The average Bonchev–Trinajstić information content (AvgIpc) is 2.83. The van der Waals surface area contributed by atoms with Crippen molar-refractivity contribution in [2.45, 2.75) is 43.8 Å². The molecule has 1 saturated heterocycles. The number of piperidine rings is 1. The molecule has 2 aliphatic rings. The zero-order chi connectivity index (χ0) is 24.5. The van der Waals surface area contributed by atoms with Crippen molar-refractivity contribution in [2.75, 3.05) is 31.1 Å². The van der Waals surface area contributed by atoms with Crippen molar-refractivity contribution < 1.29 is 31.1 Å². The first-order valence-electron chi connectivity index (χ1n) is 11.0. The third-order valence-corrected chi connectivity index (χ3v) is 8.00. The van der Waals surface area contributed by atoms with Crippen LogP contribution in [0.3, 0.4) is 0 Å². The number of carbonyl (C=O) groups excluding carboxylic acids is 1. The molecule has 2 aliphatic heterocycles. The van der Waals surface area contributed by atoms with E-state index >= 15 is 0 Å². The Labute approximate surface area is 195 Å². The van der Waals surface area contributed by atoms with Crippen molar-refractivity contribution in [2.24, 2.45) is 5.92 Å². The number of aromatic nitrogens is 2. The Kier molecular flexibility index (Phi) is 6.81. The molecule has 2 aromatic rings. The number of nitrogens with zero attached hydrogens (tertiary/aromatic N) is 4. The number of benzene rings is 1. The third kappa shape index (κ3) is 4.88. The van der Waals surface area contributed by atoms with Gasteiger partial charge in [0, 0.05) is 38.2 Å². The van der Waals surface area contributed by atoms with E-state index in [1.54, 1.807) is 6.92 Å². The van der Waals surface area contributed by atoms with Crippen LogP contribution in [0, 0.1) is 5.92 Å². The minimum atomic E-state index is -4.64. The molecule has 1 aromatic carbocycles. The van der Waals surface area contributed by atoms with Crippen molar-refractivity contribution in [3.05, 3.63) is 47.4 Å². The molecule has 1 fully saturated rings. The lowest BCUT2D eigenvalue weighted by atomic mass is 9.96. The SMILES string of the molecule is CCOC(=O)C1CCN(c2ncnc3c2CN(S(=O)(=O)c2cccc(C(F)(F)F)c2)CC3)CC1. The van der Waals surface area contributed by atoms with Gasteiger partial charge in [-0.15, -0.1) is 0 Å². The van der Waals surface area contributed by atoms with Gasteiger partial charge in [0.25, 0.3) is 0 Å². The number of carbonyl (C=O) groups is 1. The second-order valence-electron chi connectivity index (χ2n) is 8.25. The molecule has 12 heteroatoms. The molecule has 0 amide bonds. The van der Waals surface area contributed by atoms with Gasteiger partial charge < -0.3 is 9.64 Å². The molecule has 0 aliphatic carbocycles. The second kappa shape index (κ2) is 9.49. The summed E-state index contributed by atoms with van der Waals surface area (Å²) >= 11 is 0. The number of anilines is 1. The molecule has 0 radical (unpaired) electrons. The first-order chi connectivity index (χ1) is 16.1. The Morgan fingerprint density at radius 3 is 2.59 bits per heavy atom. The maximum Gasteiger partial charge on any atom is 0.416 e. The number of halogens is 3. The highest BCUT2D eigenvalue weighted by Crippen LogP contribution is 2.34. The molecular weight excluding hydrogens is 473 g/mol. The number of ether oxygens (including phenoxy) is 1. The van der Waals surface area contributed by atoms with E-state index in [9.17, 15) is 26.4 Å². The maximum atomic E-state index is 13.2. The fraction of sp³-hybridized carbons (Fsp3) is 0.500. The van der Waals surface area contributed by atoms with E-state index in [0.717, 1.165) is 12.1 Å². The van der Waals surface area contributed by atoms with E-state index in [0.29, 0.717) is 62.1 Å². The molecule has 0 saturated carbocycles. The van der Waals surface area contributed by atoms with E-state index in [2.05, 4.69) is 9.97 Å². The van der Waals surface area contributed by atoms with Crippen molar-refractivity contribution in [1.82, 2.24) is 14.3 Å². The zero-order valence-electron chi connectivity index (χ0n) is 18.6. The standard InChI is InChI=1S/C22H25F3N4O4S/c1-2-33-21(30)15-6-9-28(10-7-15)20-18-13-29(11-8-19(18)26-14-27-20)34(31,32)17-5-3-4-16(12-17)22(23,24)25/h3-5,12,14-15H,2,6-11,13H2,1H3. The van der Waals surface area contributed by atoms with Crippen LogP contribution in [-0.2, 0) is 38.7 Å². The zero-order valence-corrected chi connectivity index (χ0v) is 19.4. The van der Waals surface area contributed by atoms with Gasteiger partial charge >= 0.3 is 12.1 Å². The van der Waals surface area contributed by atoms with Gasteiger partial charge in [-0.25, -0.2) is 18.4 Å². The fourth-order valence-electron chi connectivity index (χ4n) is 4.35. The van der Waals surface area contributed by atoms with E-state index in [4.69, 9.17) is 4.74 Å². The van der Waals surface area contributed by atoms with Gasteiger partial charge in [-0.1, -0.05) is 6.07 Å². The molecule has 0 bridgehead atoms. The monoisotopic (exact) mass is 498 g/mol. The summed E-state index contributed by atoms with van der Waals surface area (Å²) in [4.78, 5) is 22.3. The summed E-state index contributed by atoms with van der Waals surface area (Å²) in [6, 6.07) is 3.77. The van der Waals surface area contributed by atoms with Gasteiger partial charge in [-0.2, -0.15) is 17.5 Å². The van der Waals surface area contributed by atoms with Gasteiger partial charge in [-0.05, 0) is 38.0 Å². The van der Waals surface area contributed by atoms with Crippen LogP contribution in [0.2, 0.25) is 0 Å². The van der Waals surface area contributed by atoms with Crippen molar-refractivity contribution in [1.29, 1.82) is 0 Å². The lowest BCUT2D eigenvalue weighted by molar-refractivity contribution is -0.148. The van der Waals surface area contributed by atoms with Gasteiger partial charge in [-0.3, -0.25) is 4.79 Å². The molecule has 0 atom stereocenters. The number of esters is 1. The highest BCUT2D eigenvalue weighted by Gasteiger charge is 2.36. The maximum absolute atomic E-state index is 13.2. The van der Waals surface area contributed by atoms with Crippen LogP contribution in [0.4, 0.5) is 19.0 Å². The molecule has 0 spiro atoms. The van der Waals surface area contributed by atoms with Gasteiger partial charge in [0.2, 0.25) is 10.0 Å². The van der Waals surface area contributed by atoms with Crippen molar-refractivity contribution >= 4 is 21.8 Å². The molecule has 1 aromatic heterocycles. The molecule has 0 unspecified atom stereocenters. The van der Waals surface area contributed by atoms with Gasteiger partial charge in [0.15, 0.2) is 0 Å². The summed E-state index contributed by atoms with van der Waals surface area (Å²) in [6.45, 7) is 3.25. The minimum Gasteiger partial charge on any atom is -0.466 e. The summed E-state index contributed by atoms with van der Waals surface area (Å²) in [7, 11) is -4.16. The summed E-state index contributed by atoms with van der Waals surface area (Å²) < 4.78 is 72.0. The number of sulfonamides is 1. The predicted octanol–water partition coefficient (Wildman–Crippen LogP) is 3.02. The van der Waals surface area contributed by atoms with Gasteiger partial charge in [0.05, 0.1) is 28.7 Å². The van der Waals surface area contributed by atoms with Crippen LogP contribution in [0.25, 0.3) is 0 Å². The van der Waals surface area contributed by atoms with Crippen LogP contribution in [0.15, 0.2) is 35.5 Å². The van der Waals surface area contributed by atoms with Crippen LogP contribution < -0.4 is 4.90 Å². The van der Waals surface area contributed by atoms with Crippen LogP contribution >= 0.6 is 0 Å². The molecule has 4 rings (SSSR count). The lowest BCUT2D eigenvalue weighted by Gasteiger charge is -2.35. The Hall–Kier alpha value is -2.73. The Morgan fingerprint density at radius 2 is 1.91 bits per heavy atom. The molecular formula is C22H25F3N4O4S. The number of alkyl halides is 3. The molecule has 8 nitrogen and oxygen atoms in total. The van der Waals surface area contributed by atoms with Crippen LogP contribution in [0.1, 0.15) is 36.6 Å². The van der Waals surface area contributed by atoms with E-state index < -0.39 is 26.7 Å². The Bertz CT molecular complexity index is 1160. The lowest BCUT2D eigenvalue weighted by Crippen LogP contribution is -2.41. The summed E-state index contributed by atoms with van der Waals surface area (Å²) in [5.74, 6) is 0.188. The topological polar surface area (TPSA) is 92.7 Å². The Balaban J connectivity index is 1.56. The molecule has 0 N–H and O–H groups in total. The first kappa shape index (κ1) is 24.4. The predicted molar refractivity (Wildman–Crippen MR) is 116 cm³/mol. The largest absolute Gasteiger partial charge is 0.466 e. The van der Waals surface area contributed by atoms with Crippen LogP contribution in [-0.4, -0.2) is 54.9 Å². The highest BCUT2D eigenvalue weighted by molar-refractivity contribution is 7.89. The second-order valence-corrected chi connectivity index (χ2v) is 10.2. The number of rotatable bonds is 5. The van der Waals surface area contributed by atoms with E-state index in [1.807, 2.05) is 4.90 Å². The van der Waals surface area contributed by atoms with Crippen molar-refractivity contribution in [3.63, 3.8) is 0 Å². The average molecular weight is 499 g/mol. The molecule has 34 heavy (non-hydrogen) atoms. The summed E-state index contributed by atoms with van der Waals surface area (Å²) in [5.41, 5.74) is 0.339. The van der Waals surface area contributed by atoms with Crippen molar-refractivity contribution in [3.8, 4) is 0 Å². The number of hydrogen-bond donors (Lipinski definition) is 0. The minimum absolute atomic E-state index is 0.0398. The third-order valence-electron chi connectivity index (χ3n) is 6.16. The normalized spacial score (nSPS) is 17.9. The molecule has 3 heterocycles. The first-order valence-corrected chi connectivity index (χ1v) is 12.5. The highest BCUT2D eigenvalue weighted by atomic mass is 32.2. The summed E-state index contributed by atoms with van der Waals surface area (Å²) in [5, 5.41) is 0. The van der Waals surface area contributed by atoms with Crippen LogP contribution in [0.5, 0.6) is 0 Å². The van der Waals surface area contributed by atoms with E-state index in [-0.39, 0.29) is 25.0 Å². The molecule has 184 valence electrons. The smallest absolute Gasteiger partial charge is 0.416 e. The number of fused-ring (bicyclic) bond motifs is 1. The fourth-order valence-corrected chi connectivity index (χ4v) is 5.80. The number of hydrogen-bond acceptors (Lipinski definition) is 7. The van der Waals surface area contributed by atoms with E-state index in [1.165, 1.54) is 16.7 Å². The van der Waals surface area contributed by atoms with Gasteiger partial charge in [0.1, 0.15) is 12.1 Å². The quantitative estimate of drug-likeness (QED) is 0.585.